The molecule has 0 radical (unpaired) electrons. The molecule has 3 heteroatoms. The number of thiophene rings is 1. The number of nitrogens with zero attached hydrogens (tertiary/aromatic N) is 2. The summed E-state index contributed by atoms with van der Waals surface area (Å²) in [5.41, 5.74) is 14.9. The maximum Gasteiger partial charge on any atom is 0.101 e. The van der Waals surface area contributed by atoms with Crippen molar-refractivity contribution in [2.24, 2.45) is 0 Å². The predicted octanol–water partition coefficient (Wildman–Crippen LogP) is 11.2. The van der Waals surface area contributed by atoms with Crippen molar-refractivity contribution in [1.82, 2.24) is 4.57 Å². The Bertz CT molecular complexity index is 2310. The van der Waals surface area contributed by atoms with Crippen LogP contribution in [0.3, 0.4) is 0 Å². The van der Waals surface area contributed by atoms with E-state index in [0.717, 1.165) is 36.1 Å². The Labute approximate surface area is 262 Å². The molecule has 0 fully saturated rings. The first-order valence-corrected chi connectivity index (χ1v) is 16.5. The number of para-hydroxylation sites is 1. The van der Waals surface area contributed by atoms with Gasteiger partial charge >= 0.3 is 0 Å². The van der Waals surface area contributed by atoms with E-state index < -0.39 is 0 Å². The molecular formula is C41H32N2S. The summed E-state index contributed by atoms with van der Waals surface area (Å²) in [7, 11) is 0. The number of nitriles is 1. The van der Waals surface area contributed by atoms with E-state index in [2.05, 4.69) is 122 Å². The van der Waals surface area contributed by atoms with Crippen molar-refractivity contribution in [3.05, 3.63) is 124 Å². The van der Waals surface area contributed by atoms with Crippen LogP contribution < -0.4 is 0 Å². The second kappa shape index (κ2) is 9.18. The van der Waals surface area contributed by atoms with Gasteiger partial charge in [-0.1, -0.05) is 87.5 Å². The molecule has 1 atom stereocenters. The zero-order valence-corrected chi connectivity index (χ0v) is 26.1. The van der Waals surface area contributed by atoms with Crippen LogP contribution in [0.4, 0.5) is 0 Å². The maximum atomic E-state index is 10.6. The summed E-state index contributed by atoms with van der Waals surface area (Å²) in [4.78, 5) is 0. The van der Waals surface area contributed by atoms with Crippen molar-refractivity contribution in [1.29, 1.82) is 5.26 Å². The number of rotatable bonds is 2. The summed E-state index contributed by atoms with van der Waals surface area (Å²) < 4.78 is 5.06. The van der Waals surface area contributed by atoms with Crippen LogP contribution in [0.1, 0.15) is 78.7 Å². The Kier molecular flexibility index (Phi) is 5.38. The summed E-state index contributed by atoms with van der Waals surface area (Å²) >= 11 is 1.88. The minimum atomic E-state index is -0.0291. The van der Waals surface area contributed by atoms with Crippen LogP contribution in [-0.4, -0.2) is 4.57 Å². The number of fused-ring (bicyclic) bond motifs is 9. The van der Waals surface area contributed by atoms with Gasteiger partial charge in [-0.05, 0) is 88.5 Å². The number of aromatic nitrogens is 1. The molecule has 0 bridgehead atoms. The van der Waals surface area contributed by atoms with E-state index in [1.807, 2.05) is 17.4 Å². The van der Waals surface area contributed by atoms with Gasteiger partial charge in [-0.3, -0.25) is 0 Å². The van der Waals surface area contributed by atoms with Crippen LogP contribution in [0.5, 0.6) is 0 Å². The highest BCUT2D eigenvalue weighted by Gasteiger charge is 2.36. The fourth-order valence-electron chi connectivity index (χ4n) is 8.29. The van der Waals surface area contributed by atoms with Gasteiger partial charge in [0, 0.05) is 48.5 Å². The van der Waals surface area contributed by atoms with E-state index in [1.165, 1.54) is 70.5 Å². The van der Waals surface area contributed by atoms with E-state index in [-0.39, 0.29) is 5.41 Å². The molecule has 0 saturated carbocycles. The molecule has 2 nitrogen and oxygen atoms in total. The lowest BCUT2D eigenvalue weighted by atomic mass is 9.82. The first kappa shape index (κ1) is 25.8. The standard InChI is InChI=1S/C41H32N2S/c1-24-11-8-16-29-27-14-5-7-19-35(27)43(39(24)29)40-25(23-42)12-9-17-30(40)28-15-10-20-36-38(28)32-21-31-26-13-4-6-18-33(26)41(2,3)34(31)22-37(32)44-36/h4,6-10,12-13,15-22,24H,5,11,14H2,1-3H3. The van der Waals surface area contributed by atoms with Gasteiger partial charge in [-0.15, -0.1) is 11.3 Å². The van der Waals surface area contributed by atoms with Crippen molar-refractivity contribution in [2.45, 2.75) is 51.4 Å². The van der Waals surface area contributed by atoms with Crippen molar-refractivity contribution in [2.75, 3.05) is 0 Å². The van der Waals surface area contributed by atoms with Crippen molar-refractivity contribution < 1.29 is 0 Å². The van der Waals surface area contributed by atoms with Crippen molar-refractivity contribution >= 4 is 43.7 Å². The number of benzene rings is 4. The minimum Gasteiger partial charge on any atom is -0.311 e. The predicted molar refractivity (Wildman–Crippen MR) is 186 cm³/mol. The highest BCUT2D eigenvalue weighted by Crippen LogP contribution is 2.53. The average Bonchev–Trinajstić information content (AvgIpc) is 3.66. The average molecular weight is 585 g/mol. The second-order valence-electron chi connectivity index (χ2n) is 13.1. The lowest BCUT2D eigenvalue weighted by Gasteiger charge is -2.23. The van der Waals surface area contributed by atoms with Gasteiger partial charge in [0.05, 0.1) is 11.3 Å². The van der Waals surface area contributed by atoms with Crippen LogP contribution >= 0.6 is 11.3 Å². The first-order valence-electron chi connectivity index (χ1n) is 15.7. The molecule has 0 spiro atoms. The number of hydrogen-bond donors (Lipinski definition) is 0. The van der Waals surface area contributed by atoms with E-state index >= 15 is 0 Å². The smallest absolute Gasteiger partial charge is 0.101 e. The van der Waals surface area contributed by atoms with Crippen LogP contribution in [0.2, 0.25) is 0 Å². The maximum absolute atomic E-state index is 10.6. The molecule has 6 aromatic rings. The van der Waals surface area contributed by atoms with Crippen LogP contribution in [0.25, 0.3) is 60.3 Å². The van der Waals surface area contributed by atoms with Gasteiger partial charge in [0.2, 0.25) is 0 Å². The molecule has 0 N–H and O–H groups in total. The van der Waals surface area contributed by atoms with E-state index in [9.17, 15) is 5.26 Å². The van der Waals surface area contributed by atoms with Gasteiger partial charge in [-0.2, -0.15) is 5.26 Å². The minimum absolute atomic E-state index is 0.0291. The highest BCUT2D eigenvalue weighted by atomic mass is 32.1. The van der Waals surface area contributed by atoms with Crippen LogP contribution in [0.15, 0.2) is 84.9 Å². The lowest BCUT2D eigenvalue weighted by molar-refractivity contribution is 0.661. The molecule has 0 saturated heterocycles. The van der Waals surface area contributed by atoms with Crippen molar-refractivity contribution in [3.63, 3.8) is 0 Å². The summed E-state index contributed by atoms with van der Waals surface area (Å²) in [6, 6.07) is 29.4. The summed E-state index contributed by atoms with van der Waals surface area (Å²) in [6.07, 6.45) is 12.3. The largest absolute Gasteiger partial charge is 0.311 e. The van der Waals surface area contributed by atoms with Crippen molar-refractivity contribution in [3.8, 4) is 34.0 Å². The Morgan fingerprint density at radius 1 is 0.841 bits per heavy atom. The SMILES string of the molecule is CC1CC=Cc2c3c(n(-c4c(C#N)cccc4-c4cccc5sc6cc7c(cc6c45)-c4ccccc4C7(C)C)c21)C=CCC3. The Morgan fingerprint density at radius 3 is 2.55 bits per heavy atom. The molecular weight excluding hydrogens is 553 g/mol. The molecule has 9 rings (SSSR count). The van der Waals surface area contributed by atoms with Gasteiger partial charge in [0.25, 0.3) is 0 Å². The summed E-state index contributed by atoms with van der Waals surface area (Å²) in [6.45, 7) is 7.03. The molecule has 4 aromatic carbocycles. The lowest BCUT2D eigenvalue weighted by Crippen LogP contribution is -2.14. The number of hydrogen-bond acceptors (Lipinski definition) is 2. The Morgan fingerprint density at radius 2 is 1.66 bits per heavy atom. The molecule has 1 unspecified atom stereocenters. The quantitative estimate of drug-likeness (QED) is 0.199. The molecule has 2 heterocycles. The Hall–Kier alpha value is -4.65. The molecule has 3 aliphatic carbocycles. The highest BCUT2D eigenvalue weighted by molar-refractivity contribution is 7.26. The van der Waals surface area contributed by atoms with Gasteiger partial charge in [0.15, 0.2) is 0 Å². The normalized spacial score (nSPS) is 17.4. The summed E-state index contributed by atoms with van der Waals surface area (Å²) in [5, 5.41) is 13.1. The third-order valence-corrected chi connectivity index (χ3v) is 11.5. The van der Waals surface area contributed by atoms with Gasteiger partial charge in [-0.25, -0.2) is 0 Å². The molecule has 0 amide bonds. The van der Waals surface area contributed by atoms with E-state index in [4.69, 9.17) is 0 Å². The van der Waals surface area contributed by atoms with Gasteiger partial charge in [0.1, 0.15) is 6.07 Å². The fraction of sp³-hybridized carbons (Fsp3) is 0.195. The molecule has 0 aliphatic heterocycles. The fourth-order valence-corrected chi connectivity index (χ4v) is 9.44. The molecule has 2 aromatic heterocycles. The third-order valence-electron chi connectivity index (χ3n) is 10.3. The molecule has 212 valence electrons. The van der Waals surface area contributed by atoms with E-state index in [0.29, 0.717) is 5.92 Å². The Balaban J connectivity index is 1.37. The van der Waals surface area contributed by atoms with E-state index in [1.54, 1.807) is 0 Å². The first-order chi connectivity index (χ1) is 21.5. The topological polar surface area (TPSA) is 28.7 Å². The second-order valence-corrected chi connectivity index (χ2v) is 14.2. The van der Waals surface area contributed by atoms with Gasteiger partial charge < -0.3 is 4.57 Å². The zero-order valence-electron chi connectivity index (χ0n) is 25.2. The molecule has 3 aliphatic rings. The van der Waals surface area contributed by atoms with Crippen LogP contribution in [0, 0.1) is 11.3 Å². The van der Waals surface area contributed by atoms with Crippen LogP contribution in [-0.2, 0) is 11.8 Å². The zero-order chi connectivity index (χ0) is 29.7. The third kappa shape index (κ3) is 3.35. The molecule has 44 heavy (non-hydrogen) atoms. The summed E-state index contributed by atoms with van der Waals surface area (Å²) in [5.74, 6) is 0.373. The number of allylic oxidation sites excluding steroid dienone is 2. The monoisotopic (exact) mass is 584 g/mol.